The first-order valence-corrected chi connectivity index (χ1v) is 15.0. The molecular formula is C32H29N6O4P. The van der Waals surface area contributed by atoms with E-state index in [1.165, 1.54) is 4.57 Å². The molecule has 0 spiro atoms. The summed E-state index contributed by atoms with van der Waals surface area (Å²) in [4.78, 5) is 53.5. The van der Waals surface area contributed by atoms with E-state index in [9.17, 15) is 19.6 Å². The molecule has 10 nitrogen and oxygen atoms in total. The lowest BCUT2D eigenvalue weighted by Gasteiger charge is -2.30. The van der Waals surface area contributed by atoms with Crippen LogP contribution in [-0.2, 0) is 9.53 Å². The molecular weight excluding hydrogens is 563 g/mol. The number of hydrogen-bond acceptors (Lipinski definition) is 9. The van der Waals surface area contributed by atoms with Crippen LogP contribution in [0.15, 0.2) is 55.0 Å². The molecule has 4 aromatic heterocycles. The molecule has 1 atom stereocenters. The first-order chi connectivity index (χ1) is 20.6. The van der Waals surface area contributed by atoms with Crippen LogP contribution in [0.2, 0.25) is 0 Å². The average Bonchev–Trinajstić information content (AvgIpc) is 3.64. The molecule has 1 saturated heterocycles. The number of piperidine rings is 1. The van der Waals surface area contributed by atoms with E-state index in [4.69, 9.17) is 9.72 Å². The molecule has 6 rings (SSSR count). The summed E-state index contributed by atoms with van der Waals surface area (Å²) < 4.78 is 6.92. The number of pyridine rings is 2. The summed E-state index contributed by atoms with van der Waals surface area (Å²) in [5.74, 6) is 0.700. The fraction of sp³-hybridized carbons (Fsp3) is 0.281. The second-order valence-corrected chi connectivity index (χ2v) is 12.8. The van der Waals surface area contributed by atoms with Gasteiger partial charge in [-0.05, 0) is 70.0 Å². The fourth-order valence-corrected chi connectivity index (χ4v) is 6.41. The molecule has 0 saturated carbocycles. The first kappa shape index (κ1) is 28.3. The average molecular weight is 593 g/mol. The van der Waals surface area contributed by atoms with Crippen LogP contribution in [0.4, 0.5) is 10.6 Å². The SMILES string of the molecule is CC(C)(C)OC(=O)n1ccc2c(-c3cc(C(=O)c4nc5ccc(N6CCC(C=O)CC6)nc5[pH]4)ccc3C#N)cncc21. The minimum absolute atomic E-state index is 0.00250. The largest absolute Gasteiger partial charge is 0.443 e. The zero-order valence-electron chi connectivity index (χ0n) is 24.0. The Morgan fingerprint density at radius 1 is 1.07 bits per heavy atom. The number of rotatable bonds is 5. The van der Waals surface area contributed by atoms with Crippen molar-refractivity contribution in [1.29, 1.82) is 5.26 Å². The van der Waals surface area contributed by atoms with Crippen molar-refractivity contribution in [2.45, 2.75) is 39.2 Å². The standard InChI is InChI=1S/C32H29N6O4P/c1-32(2,3)42-31(41)38-13-10-22-24(16-34-17-26(22)38)23-14-20(4-5-21(23)15-33)28(40)30-35-25-6-7-27(36-29(25)43-30)37-11-8-19(18-39)9-12-37/h4-7,10,13-14,16-19,43H,8-9,11-12H2,1-3H3. The Morgan fingerprint density at radius 3 is 2.58 bits per heavy atom. The zero-order valence-corrected chi connectivity index (χ0v) is 25.0. The van der Waals surface area contributed by atoms with Crippen LogP contribution in [0.25, 0.3) is 32.8 Å². The molecule has 0 bridgehead atoms. The molecule has 43 heavy (non-hydrogen) atoms. The van der Waals surface area contributed by atoms with Gasteiger partial charge in [-0.3, -0.25) is 14.3 Å². The lowest BCUT2D eigenvalue weighted by Crippen LogP contribution is -2.34. The topological polar surface area (TPSA) is 131 Å². The van der Waals surface area contributed by atoms with Crippen molar-refractivity contribution in [3.8, 4) is 17.2 Å². The first-order valence-electron chi connectivity index (χ1n) is 14.0. The van der Waals surface area contributed by atoms with Crippen LogP contribution in [0.3, 0.4) is 0 Å². The number of ketones is 1. The Hall–Kier alpha value is -4.87. The number of carbonyl (C=O) groups excluding carboxylic acids is 3. The third-order valence-corrected chi connectivity index (χ3v) is 8.68. The van der Waals surface area contributed by atoms with E-state index in [1.54, 1.807) is 63.6 Å². The van der Waals surface area contributed by atoms with Crippen LogP contribution >= 0.6 is 8.19 Å². The van der Waals surface area contributed by atoms with Gasteiger partial charge in [0, 0.05) is 53.5 Å². The molecule has 1 fully saturated rings. The highest BCUT2D eigenvalue weighted by atomic mass is 31.0. The summed E-state index contributed by atoms with van der Waals surface area (Å²) in [5.41, 5.74) is 2.87. The highest BCUT2D eigenvalue weighted by Gasteiger charge is 2.23. The summed E-state index contributed by atoms with van der Waals surface area (Å²) in [7, 11) is -0.00250. The number of carbonyl (C=O) groups is 3. The van der Waals surface area contributed by atoms with Crippen molar-refractivity contribution in [2.24, 2.45) is 5.92 Å². The quantitative estimate of drug-likeness (QED) is 0.179. The number of hydrogen-bond donors (Lipinski definition) is 0. The molecule has 1 aliphatic heterocycles. The Morgan fingerprint density at radius 2 is 1.86 bits per heavy atom. The number of aldehydes is 1. The summed E-state index contributed by atoms with van der Waals surface area (Å²) in [6.45, 7) is 6.92. The number of aromatic nitrogens is 4. The normalized spacial score (nSPS) is 14.3. The highest BCUT2D eigenvalue weighted by molar-refractivity contribution is 7.38. The van der Waals surface area contributed by atoms with Gasteiger partial charge in [-0.15, -0.1) is 0 Å². The van der Waals surface area contributed by atoms with Gasteiger partial charge in [-0.1, -0.05) is 8.19 Å². The van der Waals surface area contributed by atoms with E-state index in [0.29, 0.717) is 44.1 Å². The number of nitrogens with zero attached hydrogens (tertiary/aromatic N) is 6. The van der Waals surface area contributed by atoms with Gasteiger partial charge < -0.3 is 14.4 Å². The summed E-state index contributed by atoms with van der Waals surface area (Å²) in [6.07, 6.45) is 6.92. The van der Waals surface area contributed by atoms with Gasteiger partial charge in [0.2, 0.25) is 5.78 Å². The van der Waals surface area contributed by atoms with Crippen LogP contribution < -0.4 is 4.90 Å². The van der Waals surface area contributed by atoms with Crippen molar-refractivity contribution < 1.29 is 19.1 Å². The molecule has 5 aromatic rings. The molecule has 5 heterocycles. The van der Waals surface area contributed by atoms with Crippen molar-refractivity contribution in [1.82, 2.24) is 19.5 Å². The van der Waals surface area contributed by atoms with Crippen molar-refractivity contribution in [3.05, 3.63) is 71.5 Å². The summed E-state index contributed by atoms with van der Waals surface area (Å²) in [5, 5.41) is 11.4. The summed E-state index contributed by atoms with van der Waals surface area (Å²) in [6, 6.07) is 12.7. The molecule has 0 aliphatic carbocycles. The van der Waals surface area contributed by atoms with E-state index >= 15 is 0 Å². The maximum absolute atomic E-state index is 13.7. The van der Waals surface area contributed by atoms with Gasteiger partial charge in [0.25, 0.3) is 0 Å². The number of benzene rings is 1. The minimum atomic E-state index is -0.671. The van der Waals surface area contributed by atoms with Gasteiger partial charge in [0.1, 0.15) is 28.4 Å². The third-order valence-electron chi connectivity index (χ3n) is 7.50. The Balaban J connectivity index is 1.33. The smallest absolute Gasteiger partial charge is 0.419 e. The Kier molecular flexibility index (Phi) is 7.28. The Bertz CT molecular complexity index is 1940. The van der Waals surface area contributed by atoms with Gasteiger partial charge in [-0.2, -0.15) is 5.26 Å². The van der Waals surface area contributed by atoms with E-state index in [2.05, 4.69) is 20.9 Å². The van der Waals surface area contributed by atoms with Crippen molar-refractivity contribution in [2.75, 3.05) is 18.0 Å². The van der Waals surface area contributed by atoms with Crippen LogP contribution in [-0.4, -0.2) is 56.4 Å². The van der Waals surface area contributed by atoms with Crippen LogP contribution in [0.5, 0.6) is 0 Å². The fourth-order valence-electron chi connectivity index (χ4n) is 5.32. The van der Waals surface area contributed by atoms with Crippen LogP contribution in [0, 0.1) is 17.2 Å². The van der Waals surface area contributed by atoms with E-state index in [0.717, 1.165) is 43.3 Å². The number of nitriles is 1. The van der Waals surface area contributed by atoms with Crippen molar-refractivity contribution >= 4 is 53.8 Å². The predicted octanol–water partition coefficient (Wildman–Crippen LogP) is 5.98. The molecule has 1 aromatic carbocycles. The molecule has 0 N–H and O–H groups in total. The lowest BCUT2D eigenvalue weighted by molar-refractivity contribution is -0.111. The molecule has 0 radical (unpaired) electrons. The van der Waals surface area contributed by atoms with E-state index in [-0.39, 0.29) is 19.9 Å². The minimum Gasteiger partial charge on any atom is -0.443 e. The third kappa shape index (κ3) is 5.52. The number of ether oxygens (including phenoxy) is 1. The molecule has 1 unspecified atom stereocenters. The zero-order chi connectivity index (χ0) is 30.3. The molecule has 0 amide bonds. The number of fused-ring (bicyclic) bond motifs is 2. The summed E-state index contributed by atoms with van der Waals surface area (Å²) >= 11 is 0. The highest BCUT2D eigenvalue weighted by Crippen LogP contribution is 2.34. The molecule has 1 aliphatic rings. The van der Waals surface area contributed by atoms with Crippen molar-refractivity contribution in [3.63, 3.8) is 0 Å². The molecule has 216 valence electrons. The Labute approximate surface area is 249 Å². The molecule has 11 heteroatoms. The monoisotopic (exact) mass is 592 g/mol. The maximum atomic E-state index is 13.7. The van der Waals surface area contributed by atoms with Crippen LogP contribution in [0.1, 0.15) is 55.0 Å². The van der Waals surface area contributed by atoms with Gasteiger partial charge >= 0.3 is 6.09 Å². The number of anilines is 1. The maximum Gasteiger partial charge on any atom is 0.419 e. The van der Waals surface area contributed by atoms with E-state index < -0.39 is 11.7 Å². The predicted molar refractivity (Wildman–Crippen MR) is 165 cm³/mol. The van der Waals surface area contributed by atoms with E-state index in [1.807, 2.05) is 12.1 Å². The second-order valence-electron chi connectivity index (χ2n) is 11.6. The lowest BCUT2D eigenvalue weighted by atomic mass is 9.95. The van der Waals surface area contributed by atoms with Gasteiger partial charge in [-0.25, -0.2) is 14.8 Å². The second kappa shape index (κ2) is 11.1. The van der Waals surface area contributed by atoms with Gasteiger partial charge in [0.15, 0.2) is 0 Å². The van der Waals surface area contributed by atoms with Gasteiger partial charge in [0.05, 0.1) is 28.9 Å².